The monoisotopic (exact) mass is 364 g/mol. The summed E-state index contributed by atoms with van der Waals surface area (Å²) in [7, 11) is 1.62. The quantitative estimate of drug-likeness (QED) is 0.769. The number of rotatable bonds is 3. The fourth-order valence-corrected chi connectivity index (χ4v) is 3.83. The van der Waals surface area contributed by atoms with Crippen LogP contribution >= 0.6 is 0 Å². The summed E-state index contributed by atoms with van der Waals surface area (Å²) in [5.41, 5.74) is 1.56. The molecule has 0 radical (unpaired) electrons. The van der Waals surface area contributed by atoms with Crippen LogP contribution in [0.1, 0.15) is 13.8 Å². The van der Waals surface area contributed by atoms with Gasteiger partial charge >= 0.3 is 5.63 Å². The number of methoxy groups -OCH3 is 1. The zero-order chi connectivity index (χ0) is 19.0. The summed E-state index contributed by atoms with van der Waals surface area (Å²) in [6, 6.07) is 16.3. The summed E-state index contributed by atoms with van der Waals surface area (Å²) in [5.74, 6) is 1.27. The molecular formula is C22H24N2O3. The maximum atomic E-state index is 12.7. The van der Waals surface area contributed by atoms with Gasteiger partial charge in [0.05, 0.1) is 12.5 Å². The van der Waals surface area contributed by atoms with Gasteiger partial charge in [-0.25, -0.2) is 4.79 Å². The SMILES string of the molecule is COc1cccc(-c2cc3ccc(N4CC(C)NC(C)C4)cc3c(=O)o2)c1. The van der Waals surface area contributed by atoms with Crippen LogP contribution in [0.5, 0.6) is 5.75 Å². The largest absolute Gasteiger partial charge is 0.497 e. The van der Waals surface area contributed by atoms with E-state index >= 15 is 0 Å². The third-order valence-corrected chi connectivity index (χ3v) is 5.02. The minimum Gasteiger partial charge on any atom is -0.497 e. The standard InChI is InChI=1S/C22H24N2O3/c1-14-12-24(13-15(2)23-14)18-8-7-16-10-21(27-22(25)20(16)11-18)17-5-4-6-19(9-17)26-3/h4-11,14-15,23H,12-13H2,1-3H3. The van der Waals surface area contributed by atoms with Gasteiger partial charge in [-0.2, -0.15) is 0 Å². The second-order valence-electron chi connectivity index (χ2n) is 7.28. The summed E-state index contributed by atoms with van der Waals surface area (Å²) in [5, 5.41) is 5.02. The highest BCUT2D eigenvalue weighted by Gasteiger charge is 2.21. The van der Waals surface area contributed by atoms with E-state index in [4.69, 9.17) is 9.15 Å². The Labute approximate surface area is 158 Å². The molecule has 5 nitrogen and oxygen atoms in total. The van der Waals surface area contributed by atoms with Gasteiger partial charge in [0, 0.05) is 36.4 Å². The van der Waals surface area contributed by atoms with Crippen LogP contribution < -0.4 is 20.6 Å². The predicted octanol–water partition coefficient (Wildman–Crippen LogP) is 3.66. The first-order valence-corrected chi connectivity index (χ1v) is 9.27. The number of fused-ring (bicyclic) bond motifs is 1. The summed E-state index contributed by atoms with van der Waals surface area (Å²) in [6.07, 6.45) is 0. The Balaban J connectivity index is 1.73. The van der Waals surface area contributed by atoms with Gasteiger partial charge in [-0.3, -0.25) is 0 Å². The van der Waals surface area contributed by atoms with Crippen LogP contribution in [0.25, 0.3) is 22.1 Å². The summed E-state index contributed by atoms with van der Waals surface area (Å²) in [6.45, 7) is 6.20. The van der Waals surface area contributed by atoms with Crippen molar-refractivity contribution < 1.29 is 9.15 Å². The Morgan fingerprint density at radius 1 is 1.07 bits per heavy atom. The highest BCUT2D eigenvalue weighted by Crippen LogP contribution is 2.28. The van der Waals surface area contributed by atoms with Gasteiger partial charge in [-0.05, 0) is 49.6 Å². The van der Waals surface area contributed by atoms with Crippen LogP contribution in [0.15, 0.2) is 57.7 Å². The number of benzene rings is 2. The van der Waals surface area contributed by atoms with E-state index in [9.17, 15) is 4.79 Å². The molecule has 1 aromatic heterocycles. The highest BCUT2D eigenvalue weighted by molar-refractivity contribution is 5.87. The van der Waals surface area contributed by atoms with Crippen molar-refractivity contribution >= 4 is 16.5 Å². The summed E-state index contributed by atoms with van der Waals surface area (Å²) >= 11 is 0. The summed E-state index contributed by atoms with van der Waals surface area (Å²) in [4.78, 5) is 15.0. The number of piperazine rings is 1. The maximum absolute atomic E-state index is 12.7. The average molecular weight is 364 g/mol. The van der Waals surface area contributed by atoms with E-state index in [-0.39, 0.29) is 5.63 Å². The van der Waals surface area contributed by atoms with Crippen molar-refractivity contribution in [3.63, 3.8) is 0 Å². The number of hydrogen-bond acceptors (Lipinski definition) is 5. The lowest BCUT2D eigenvalue weighted by molar-refractivity contribution is 0.407. The van der Waals surface area contributed by atoms with Crippen LogP contribution in [0.4, 0.5) is 5.69 Å². The van der Waals surface area contributed by atoms with Gasteiger partial charge in [0.15, 0.2) is 0 Å². The molecule has 1 fully saturated rings. The van der Waals surface area contributed by atoms with Crippen LogP contribution in [-0.2, 0) is 0 Å². The molecule has 0 bridgehead atoms. The molecule has 140 valence electrons. The molecule has 2 unspecified atom stereocenters. The Kier molecular flexibility index (Phi) is 4.62. The molecule has 5 heteroatoms. The molecule has 0 saturated carbocycles. The van der Waals surface area contributed by atoms with Crippen molar-refractivity contribution in [1.29, 1.82) is 0 Å². The Morgan fingerprint density at radius 2 is 1.85 bits per heavy atom. The Bertz CT molecular complexity index is 1020. The highest BCUT2D eigenvalue weighted by atomic mass is 16.5. The fraction of sp³-hybridized carbons (Fsp3) is 0.318. The van der Waals surface area contributed by atoms with Crippen molar-refractivity contribution in [2.75, 3.05) is 25.1 Å². The lowest BCUT2D eigenvalue weighted by atomic mass is 10.1. The number of hydrogen-bond donors (Lipinski definition) is 1. The van der Waals surface area contributed by atoms with Crippen molar-refractivity contribution in [2.24, 2.45) is 0 Å². The van der Waals surface area contributed by atoms with E-state index < -0.39 is 0 Å². The van der Waals surface area contributed by atoms with Gasteiger partial charge in [-0.15, -0.1) is 0 Å². The van der Waals surface area contributed by atoms with E-state index in [1.54, 1.807) is 7.11 Å². The van der Waals surface area contributed by atoms with E-state index in [0.29, 0.717) is 23.2 Å². The molecule has 3 aromatic rings. The van der Waals surface area contributed by atoms with E-state index in [1.165, 1.54) is 0 Å². The van der Waals surface area contributed by atoms with Crippen molar-refractivity contribution in [3.8, 4) is 17.1 Å². The van der Waals surface area contributed by atoms with Crippen LogP contribution in [-0.4, -0.2) is 32.3 Å². The van der Waals surface area contributed by atoms with Gasteiger partial charge in [0.25, 0.3) is 0 Å². The second-order valence-corrected chi connectivity index (χ2v) is 7.28. The summed E-state index contributed by atoms with van der Waals surface area (Å²) < 4.78 is 10.9. The molecule has 0 amide bonds. The minimum absolute atomic E-state index is 0.316. The third kappa shape index (κ3) is 3.55. The van der Waals surface area contributed by atoms with Crippen LogP contribution in [0.3, 0.4) is 0 Å². The van der Waals surface area contributed by atoms with Gasteiger partial charge in [0.2, 0.25) is 0 Å². The number of nitrogens with one attached hydrogen (secondary N) is 1. The number of nitrogens with zero attached hydrogens (tertiary/aromatic N) is 1. The van der Waals surface area contributed by atoms with Crippen molar-refractivity contribution in [3.05, 3.63) is 59.0 Å². The normalized spacial score (nSPS) is 20.0. The Morgan fingerprint density at radius 3 is 2.59 bits per heavy atom. The fourth-order valence-electron chi connectivity index (χ4n) is 3.83. The first-order valence-electron chi connectivity index (χ1n) is 9.27. The predicted molar refractivity (Wildman–Crippen MR) is 109 cm³/mol. The zero-order valence-corrected chi connectivity index (χ0v) is 15.9. The zero-order valence-electron chi connectivity index (χ0n) is 15.9. The van der Waals surface area contributed by atoms with E-state index in [2.05, 4.69) is 30.1 Å². The molecule has 2 aromatic carbocycles. The number of anilines is 1. The Hall–Kier alpha value is -2.79. The maximum Gasteiger partial charge on any atom is 0.344 e. The molecule has 2 heterocycles. The van der Waals surface area contributed by atoms with Gasteiger partial charge in [0.1, 0.15) is 11.5 Å². The molecule has 1 N–H and O–H groups in total. The van der Waals surface area contributed by atoms with Crippen LogP contribution in [0.2, 0.25) is 0 Å². The third-order valence-electron chi connectivity index (χ3n) is 5.02. The first kappa shape index (κ1) is 17.6. The smallest absolute Gasteiger partial charge is 0.344 e. The molecule has 0 spiro atoms. The number of ether oxygens (including phenoxy) is 1. The molecule has 2 atom stereocenters. The molecule has 1 saturated heterocycles. The minimum atomic E-state index is -0.316. The molecule has 4 rings (SSSR count). The lowest BCUT2D eigenvalue weighted by Gasteiger charge is -2.37. The first-order chi connectivity index (χ1) is 13.0. The lowest BCUT2D eigenvalue weighted by Crippen LogP contribution is -2.54. The van der Waals surface area contributed by atoms with Crippen molar-refractivity contribution in [1.82, 2.24) is 5.32 Å². The molecule has 1 aliphatic rings. The van der Waals surface area contributed by atoms with Crippen LogP contribution in [0, 0.1) is 0 Å². The molecule has 0 aliphatic carbocycles. The van der Waals surface area contributed by atoms with E-state index in [1.807, 2.05) is 42.5 Å². The molecular weight excluding hydrogens is 340 g/mol. The topological polar surface area (TPSA) is 54.7 Å². The average Bonchev–Trinajstić information content (AvgIpc) is 2.67. The van der Waals surface area contributed by atoms with Gasteiger partial charge in [-0.1, -0.05) is 18.2 Å². The van der Waals surface area contributed by atoms with E-state index in [0.717, 1.165) is 35.5 Å². The second kappa shape index (κ2) is 7.08. The van der Waals surface area contributed by atoms with Gasteiger partial charge < -0.3 is 19.4 Å². The van der Waals surface area contributed by atoms with Crippen molar-refractivity contribution in [2.45, 2.75) is 25.9 Å². The molecule has 1 aliphatic heterocycles. The molecule has 27 heavy (non-hydrogen) atoms.